The van der Waals surface area contributed by atoms with Crippen molar-refractivity contribution in [2.24, 2.45) is 0 Å². The van der Waals surface area contributed by atoms with Crippen molar-refractivity contribution in [1.82, 2.24) is 5.32 Å². The van der Waals surface area contributed by atoms with Crippen molar-refractivity contribution in [1.29, 1.82) is 0 Å². The van der Waals surface area contributed by atoms with Crippen LogP contribution in [-0.2, 0) is 4.79 Å². The molecule has 3 N–H and O–H groups in total. The van der Waals surface area contributed by atoms with Crippen molar-refractivity contribution in [3.05, 3.63) is 94.5 Å². The Morgan fingerprint density at radius 3 is 2.48 bits per heavy atom. The molecule has 2 aromatic carbocycles. The van der Waals surface area contributed by atoms with Crippen LogP contribution >= 0.6 is 11.6 Å². The van der Waals surface area contributed by atoms with Crippen LogP contribution in [-0.4, -0.2) is 22.9 Å². The van der Waals surface area contributed by atoms with E-state index in [4.69, 9.17) is 21.1 Å². The SMILES string of the molecule is O=C(Nc1cccc(C(=O)O)c1)/C(=C\c1ccccc1Cl)NC(=O)c1ccco1. The van der Waals surface area contributed by atoms with Crippen LogP contribution < -0.4 is 10.6 Å². The summed E-state index contributed by atoms with van der Waals surface area (Å²) in [6, 6.07) is 15.5. The molecular formula is C21H15ClN2O5. The maximum atomic E-state index is 12.8. The first kappa shape index (κ1) is 19.9. The van der Waals surface area contributed by atoms with E-state index in [-0.39, 0.29) is 22.7 Å². The summed E-state index contributed by atoms with van der Waals surface area (Å²) >= 11 is 6.15. The zero-order valence-electron chi connectivity index (χ0n) is 14.9. The van der Waals surface area contributed by atoms with Crippen LogP contribution in [0.1, 0.15) is 26.5 Å². The summed E-state index contributed by atoms with van der Waals surface area (Å²) in [6.45, 7) is 0. The molecule has 0 saturated heterocycles. The van der Waals surface area contributed by atoms with E-state index in [0.29, 0.717) is 10.6 Å². The van der Waals surface area contributed by atoms with Crippen molar-refractivity contribution < 1.29 is 23.9 Å². The van der Waals surface area contributed by atoms with Crippen LogP contribution in [0.2, 0.25) is 5.02 Å². The van der Waals surface area contributed by atoms with Gasteiger partial charge in [-0.05, 0) is 48.0 Å². The quantitative estimate of drug-likeness (QED) is 0.531. The summed E-state index contributed by atoms with van der Waals surface area (Å²) in [6.07, 6.45) is 2.75. The fraction of sp³-hybridized carbons (Fsp3) is 0. The van der Waals surface area contributed by atoms with Gasteiger partial charge in [-0.25, -0.2) is 4.79 Å². The van der Waals surface area contributed by atoms with E-state index < -0.39 is 17.8 Å². The fourth-order valence-corrected chi connectivity index (χ4v) is 2.62. The predicted molar refractivity (Wildman–Crippen MR) is 108 cm³/mol. The van der Waals surface area contributed by atoms with E-state index in [0.717, 1.165) is 0 Å². The molecule has 0 bridgehead atoms. The van der Waals surface area contributed by atoms with Crippen molar-refractivity contribution in [2.45, 2.75) is 0 Å². The molecule has 1 aromatic heterocycles. The molecule has 0 fully saturated rings. The van der Waals surface area contributed by atoms with Gasteiger partial charge in [0.2, 0.25) is 0 Å². The highest BCUT2D eigenvalue weighted by Gasteiger charge is 2.17. The number of carboxylic acid groups (broad SMARTS) is 1. The van der Waals surface area contributed by atoms with Gasteiger partial charge in [-0.2, -0.15) is 0 Å². The Balaban J connectivity index is 1.90. The van der Waals surface area contributed by atoms with Crippen molar-refractivity contribution in [3.63, 3.8) is 0 Å². The van der Waals surface area contributed by atoms with E-state index in [9.17, 15) is 14.4 Å². The number of benzene rings is 2. The van der Waals surface area contributed by atoms with Crippen molar-refractivity contribution >= 4 is 41.1 Å². The average molecular weight is 411 g/mol. The number of aromatic carboxylic acids is 1. The number of carbonyl (C=O) groups is 3. The summed E-state index contributed by atoms with van der Waals surface area (Å²) in [4.78, 5) is 36.3. The van der Waals surface area contributed by atoms with E-state index in [2.05, 4.69) is 10.6 Å². The standard InChI is InChI=1S/C21H15ClN2O5/c22-16-8-2-1-5-13(16)12-17(24-20(26)18-9-4-10-29-18)19(25)23-15-7-3-6-14(11-15)21(27)28/h1-12H,(H,23,25)(H,24,26)(H,27,28)/b17-12+. The number of nitrogens with one attached hydrogen (secondary N) is 2. The second-order valence-corrected chi connectivity index (χ2v) is 6.26. The first-order valence-electron chi connectivity index (χ1n) is 8.40. The zero-order chi connectivity index (χ0) is 20.8. The minimum Gasteiger partial charge on any atom is -0.478 e. The second-order valence-electron chi connectivity index (χ2n) is 5.85. The van der Waals surface area contributed by atoms with Gasteiger partial charge in [0.05, 0.1) is 11.8 Å². The van der Waals surface area contributed by atoms with Crippen LogP contribution in [0.15, 0.2) is 77.0 Å². The van der Waals surface area contributed by atoms with Gasteiger partial charge in [-0.1, -0.05) is 35.9 Å². The molecule has 0 aliphatic carbocycles. The Bertz CT molecular complexity index is 1090. The van der Waals surface area contributed by atoms with Gasteiger partial charge >= 0.3 is 5.97 Å². The molecule has 8 heteroatoms. The molecule has 0 spiro atoms. The number of hydrogen-bond donors (Lipinski definition) is 3. The van der Waals surface area contributed by atoms with Crippen molar-refractivity contribution in [3.8, 4) is 0 Å². The van der Waals surface area contributed by atoms with Crippen LogP contribution in [0.25, 0.3) is 6.08 Å². The average Bonchev–Trinajstić information content (AvgIpc) is 3.24. The second kappa shape index (κ2) is 8.90. The summed E-state index contributed by atoms with van der Waals surface area (Å²) in [5.41, 5.74) is 0.685. The number of halogens is 1. The normalized spacial score (nSPS) is 11.0. The largest absolute Gasteiger partial charge is 0.478 e. The Kier molecular flexibility index (Phi) is 6.11. The Labute approximate surface area is 170 Å². The highest BCUT2D eigenvalue weighted by molar-refractivity contribution is 6.32. The molecule has 0 aliphatic heterocycles. The smallest absolute Gasteiger partial charge is 0.335 e. The van der Waals surface area contributed by atoms with Crippen molar-refractivity contribution in [2.75, 3.05) is 5.32 Å². The number of rotatable bonds is 6. The summed E-state index contributed by atoms with van der Waals surface area (Å²) in [5.74, 6) is -2.38. The lowest BCUT2D eigenvalue weighted by Gasteiger charge is -2.11. The number of hydrogen-bond acceptors (Lipinski definition) is 4. The molecule has 0 saturated carbocycles. The van der Waals surface area contributed by atoms with Crippen LogP contribution in [0.5, 0.6) is 0 Å². The number of carboxylic acids is 1. The minimum atomic E-state index is -1.13. The Morgan fingerprint density at radius 1 is 1.00 bits per heavy atom. The molecule has 7 nitrogen and oxygen atoms in total. The van der Waals surface area contributed by atoms with E-state index in [1.165, 1.54) is 42.7 Å². The lowest BCUT2D eigenvalue weighted by molar-refractivity contribution is -0.113. The fourth-order valence-electron chi connectivity index (χ4n) is 2.43. The number of amides is 2. The van der Waals surface area contributed by atoms with Crippen LogP contribution in [0.3, 0.4) is 0 Å². The minimum absolute atomic E-state index is 0.0130. The Hall–Kier alpha value is -3.84. The van der Waals surface area contributed by atoms with Gasteiger partial charge < -0.3 is 20.2 Å². The van der Waals surface area contributed by atoms with Gasteiger partial charge in [-0.3, -0.25) is 9.59 Å². The van der Waals surface area contributed by atoms with Gasteiger partial charge in [0.15, 0.2) is 5.76 Å². The molecule has 0 unspecified atom stereocenters. The van der Waals surface area contributed by atoms with Gasteiger partial charge in [0, 0.05) is 10.7 Å². The molecule has 2 amide bonds. The molecule has 0 atom stereocenters. The molecular weight excluding hydrogens is 396 g/mol. The van der Waals surface area contributed by atoms with Crippen LogP contribution in [0, 0.1) is 0 Å². The molecule has 3 aromatic rings. The first-order valence-corrected chi connectivity index (χ1v) is 8.77. The van der Waals surface area contributed by atoms with Gasteiger partial charge in [-0.15, -0.1) is 0 Å². The first-order chi connectivity index (χ1) is 13.9. The number of furan rings is 1. The number of carbonyl (C=O) groups excluding carboxylic acids is 2. The lowest BCUT2D eigenvalue weighted by atomic mass is 10.1. The van der Waals surface area contributed by atoms with Gasteiger partial charge in [0.1, 0.15) is 5.70 Å². The predicted octanol–water partition coefficient (Wildman–Crippen LogP) is 4.04. The highest BCUT2D eigenvalue weighted by Crippen LogP contribution is 2.19. The third-order valence-electron chi connectivity index (χ3n) is 3.81. The maximum absolute atomic E-state index is 12.8. The summed E-state index contributed by atoms with van der Waals surface area (Å²) in [7, 11) is 0. The third kappa shape index (κ3) is 5.12. The Morgan fingerprint density at radius 2 is 1.79 bits per heavy atom. The lowest BCUT2D eigenvalue weighted by Crippen LogP contribution is -2.30. The summed E-state index contributed by atoms with van der Waals surface area (Å²) in [5, 5.41) is 14.5. The highest BCUT2D eigenvalue weighted by atomic mass is 35.5. The zero-order valence-corrected chi connectivity index (χ0v) is 15.6. The molecule has 0 aliphatic rings. The van der Waals surface area contributed by atoms with Crippen LogP contribution in [0.4, 0.5) is 5.69 Å². The summed E-state index contributed by atoms with van der Waals surface area (Å²) < 4.78 is 5.05. The maximum Gasteiger partial charge on any atom is 0.335 e. The topological polar surface area (TPSA) is 109 Å². The monoisotopic (exact) mass is 410 g/mol. The van der Waals surface area contributed by atoms with E-state index in [1.54, 1.807) is 30.3 Å². The van der Waals surface area contributed by atoms with E-state index in [1.807, 2.05) is 0 Å². The number of anilines is 1. The molecule has 29 heavy (non-hydrogen) atoms. The third-order valence-corrected chi connectivity index (χ3v) is 4.15. The van der Waals surface area contributed by atoms with E-state index >= 15 is 0 Å². The van der Waals surface area contributed by atoms with Gasteiger partial charge in [0.25, 0.3) is 11.8 Å². The molecule has 146 valence electrons. The molecule has 0 radical (unpaired) electrons. The molecule has 1 heterocycles. The molecule has 3 rings (SSSR count).